The minimum Gasteiger partial charge on any atom is -0.352 e. The predicted molar refractivity (Wildman–Crippen MR) is 92.2 cm³/mol. The van der Waals surface area contributed by atoms with E-state index in [4.69, 9.17) is 0 Å². The van der Waals surface area contributed by atoms with Crippen LogP contribution in [0.4, 0.5) is 5.82 Å². The number of thiophene rings is 1. The minimum absolute atomic E-state index is 0.0773. The fourth-order valence-corrected chi connectivity index (χ4v) is 3.92. The number of aryl methyl sites for hydroxylation is 2. The molecule has 0 unspecified atom stereocenters. The van der Waals surface area contributed by atoms with Gasteiger partial charge in [0.25, 0.3) is 5.56 Å². The van der Waals surface area contributed by atoms with Crippen molar-refractivity contribution in [3.63, 3.8) is 0 Å². The third-order valence-corrected chi connectivity index (χ3v) is 5.57. The van der Waals surface area contributed by atoms with Crippen LogP contribution in [0.5, 0.6) is 0 Å². The first-order valence-electron chi connectivity index (χ1n) is 7.88. The number of carbonyl (C=O) groups is 1. The van der Waals surface area contributed by atoms with E-state index in [1.165, 1.54) is 10.4 Å². The van der Waals surface area contributed by atoms with Gasteiger partial charge in [-0.15, -0.1) is 11.3 Å². The van der Waals surface area contributed by atoms with Crippen molar-refractivity contribution >= 4 is 22.9 Å². The summed E-state index contributed by atoms with van der Waals surface area (Å²) in [5.41, 5.74) is 1.13. The van der Waals surface area contributed by atoms with Gasteiger partial charge in [-0.1, -0.05) is 0 Å². The van der Waals surface area contributed by atoms with Crippen LogP contribution >= 0.6 is 11.3 Å². The van der Waals surface area contributed by atoms with Crippen LogP contribution in [0.3, 0.4) is 0 Å². The molecule has 2 aromatic heterocycles. The molecule has 0 aliphatic carbocycles. The average molecular weight is 331 g/mol. The number of aromatic nitrogens is 2. The van der Waals surface area contributed by atoms with Gasteiger partial charge < -0.3 is 9.47 Å². The van der Waals surface area contributed by atoms with Gasteiger partial charge in [-0.2, -0.15) is 0 Å². The lowest BCUT2D eigenvalue weighted by Gasteiger charge is -2.31. The van der Waals surface area contributed by atoms with Gasteiger partial charge in [0.05, 0.1) is 0 Å². The molecule has 0 radical (unpaired) electrons. The summed E-state index contributed by atoms with van der Waals surface area (Å²) in [5.74, 6) is 0.916. The topological polar surface area (TPSA) is 55.2 Å². The lowest BCUT2D eigenvalue weighted by Crippen LogP contribution is -2.40. The highest BCUT2D eigenvalue weighted by atomic mass is 32.1. The molecule has 23 heavy (non-hydrogen) atoms. The van der Waals surface area contributed by atoms with E-state index in [-0.39, 0.29) is 11.5 Å². The summed E-state index contributed by atoms with van der Waals surface area (Å²) in [4.78, 5) is 32.0. The summed E-state index contributed by atoms with van der Waals surface area (Å²) in [6.07, 6.45) is 5.44. The zero-order valence-corrected chi connectivity index (χ0v) is 14.3. The SMILES string of the molecule is Cc1ccsc1CC(=O)C1CCN(c2nccn(C)c2=O)CC1. The zero-order valence-electron chi connectivity index (χ0n) is 13.5. The molecule has 1 fully saturated rings. The van der Waals surface area contributed by atoms with E-state index in [2.05, 4.69) is 18.0 Å². The summed E-state index contributed by atoms with van der Waals surface area (Å²) in [6.45, 7) is 3.48. The first kappa shape index (κ1) is 15.9. The molecule has 0 atom stereocenters. The molecule has 0 saturated carbocycles. The molecule has 1 aliphatic heterocycles. The number of nitrogens with zero attached hydrogens (tertiary/aromatic N) is 3. The van der Waals surface area contributed by atoms with Gasteiger partial charge in [-0.3, -0.25) is 9.59 Å². The smallest absolute Gasteiger partial charge is 0.293 e. The Hall–Kier alpha value is -1.95. The van der Waals surface area contributed by atoms with Crippen molar-refractivity contribution in [2.75, 3.05) is 18.0 Å². The van der Waals surface area contributed by atoms with Crippen LogP contribution in [0.25, 0.3) is 0 Å². The zero-order chi connectivity index (χ0) is 16.4. The first-order valence-corrected chi connectivity index (χ1v) is 8.76. The number of piperidine rings is 1. The first-order chi connectivity index (χ1) is 11.1. The summed E-state index contributed by atoms with van der Waals surface area (Å²) in [7, 11) is 1.73. The molecule has 3 heterocycles. The number of Topliss-reactive ketones (excluding diaryl/α,β-unsaturated/α-hetero) is 1. The van der Waals surface area contributed by atoms with Crippen LogP contribution in [0, 0.1) is 12.8 Å². The number of ketones is 1. The number of carbonyl (C=O) groups excluding carboxylic acids is 1. The van der Waals surface area contributed by atoms with Crippen molar-refractivity contribution < 1.29 is 4.79 Å². The van der Waals surface area contributed by atoms with Gasteiger partial charge in [0.2, 0.25) is 0 Å². The number of hydrogen-bond acceptors (Lipinski definition) is 5. The molecular weight excluding hydrogens is 310 g/mol. The summed E-state index contributed by atoms with van der Waals surface area (Å²) >= 11 is 1.66. The van der Waals surface area contributed by atoms with Crippen molar-refractivity contribution in [3.8, 4) is 0 Å². The molecule has 5 nitrogen and oxygen atoms in total. The lowest BCUT2D eigenvalue weighted by atomic mass is 9.90. The largest absolute Gasteiger partial charge is 0.352 e. The molecule has 122 valence electrons. The average Bonchev–Trinajstić information content (AvgIpc) is 2.95. The van der Waals surface area contributed by atoms with Crippen LogP contribution < -0.4 is 10.5 Å². The van der Waals surface area contributed by atoms with E-state index < -0.39 is 0 Å². The van der Waals surface area contributed by atoms with Crippen molar-refractivity contribution in [1.82, 2.24) is 9.55 Å². The second-order valence-corrected chi connectivity index (χ2v) is 7.10. The fraction of sp³-hybridized carbons (Fsp3) is 0.471. The monoisotopic (exact) mass is 331 g/mol. The number of rotatable bonds is 4. The van der Waals surface area contributed by atoms with Crippen molar-refractivity contribution in [3.05, 3.63) is 44.6 Å². The minimum atomic E-state index is -0.0773. The van der Waals surface area contributed by atoms with Gasteiger partial charge in [0, 0.05) is 49.7 Å². The van der Waals surface area contributed by atoms with E-state index >= 15 is 0 Å². The second-order valence-electron chi connectivity index (χ2n) is 6.10. The van der Waals surface area contributed by atoms with Gasteiger partial charge in [-0.05, 0) is 36.8 Å². The van der Waals surface area contributed by atoms with Gasteiger partial charge in [0.15, 0.2) is 5.82 Å². The molecule has 0 aromatic carbocycles. The number of anilines is 1. The van der Waals surface area contributed by atoms with Crippen molar-refractivity contribution in [2.45, 2.75) is 26.2 Å². The molecule has 0 amide bonds. The Morgan fingerprint density at radius 2 is 2.13 bits per heavy atom. The Kier molecular flexibility index (Phi) is 4.61. The van der Waals surface area contributed by atoms with Crippen LogP contribution in [-0.4, -0.2) is 28.4 Å². The van der Waals surface area contributed by atoms with E-state index in [9.17, 15) is 9.59 Å². The maximum Gasteiger partial charge on any atom is 0.293 e. The molecule has 1 saturated heterocycles. The quantitative estimate of drug-likeness (QED) is 0.862. The number of hydrogen-bond donors (Lipinski definition) is 0. The highest BCUT2D eigenvalue weighted by molar-refractivity contribution is 7.10. The maximum absolute atomic E-state index is 12.5. The van der Waals surface area contributed by atoms with E-state index in [0.717, 1.165) is 12.8 Å². The molecule has 0 N–H and O–H groups in total. The normalized spacial score (nSPS) is 15.8. The van der Waals surface area contributed by atoms with Gasteiger partial charge >= 0.3 is 0 Å². The maximum atomic E-state index is 12.5. The highest BCUT2D eigenvalue weighted by Gasteiger charge is 2.27. The van der Waals surface area contributed by atoms with Crippen LogP contribution in [0.1, 0.15) is 23.3 Å². The Labute approximate surface area is 139 Å². The third-order valence-electron chi connectivity index (χ3n) is 4.55. The van der Waals surface area contributed by atoms with Crippen LogP contribution in [-0.2, 0) is 18.3 Å². The molecule has 6 heteroatoms. The Balaban J connectivity index is 1.62. The van der Waals surface area contributed by atoms with Crippen molar-refractivity contribution in [2.24, 2.45) is 13.0 Å². The van der Waals surface area contributed by atoms with Crippen LogP contribution in [0.15, 0.2) is 28.6 Å². The van der Waals surface area contributed by atoms with E-state index in [1.54, 1.807) is 35.3 Å². The lowest BCUT2D eigenvalue weighted by molar-refractivity contribution is -0.122. The molecule has 0 bridgehead atoms. The highest BCUT2D eigenvalue weighted by Crippen LogP contribution is 2.24. The van der Waals surface area contributed by atoms with E-state index in [0.29, 0.717) is 31.1 Å². The predicted octanol–water partition coefficient (Wildman–Crippen LogP) is 2.18. The molecule has 1 aliphatic rings. The van der Waals surface area contributed by atoms with Crippen molar-refractivity contribution in [1.29, 1.82) is 0 Å². The summed E-state index contributed by atoms with van der Waals surface area (Å²) < 4.78 is 1.54. The Bertz CT molecular complexity index is 757. The van der Waals surface area contributed by atoms with E-state index in [1.807, 2.05) is 10.3 Å². The Morgan fingerprint density at radius 3 is 2.78 bits per heavy atom. The summed E-state index contributed by atoms with van der Waals surface area (Å²) in [5, 5.41) is 2.04. The standard InChI is InChI=1S/C17H21N3O2S/c1-12-5-10-23-15(12)11-14(21)13-3-7-20(8-4-13)16-17(22)19(2)9-6-18-16/h5-6,9-10,13H,3-4,7-8,11H2,1-2H3. The second kappa shape index (κ2) is 6.66. The fourth-order valence-electron chi connectivity index (χ4n) is 3.00. The molecular formula is C17H21N3O2S. The van der Waals surface area contributed by atoms with Gasteiger partial charge in [-0.25, -0.2) is 4.98 Å². The van der Waals surface area contributed by atoms with Gasteiger partial charge in [0.1, 0.15) is 5.78 Å². The Morgan fingerprint density at radius 1 is 1.39 bits per heavy atom. The van der Waals surface area contributed by atoms with Crippen LogP contribution in [0.2, 0.25) is 0 Å². The molecule has 2 aromatic rings. The summed E-state index contributed by atoms with van der Waals surface area (Å²) in [6, 6.07) is 2.06. The molecule has 0 spiro atoms. The third kappa shape index (κ3) is 3.37. The molecule has 3 rings (SSSR count).